The van der Waals surface area contributed by atoms with Crippen molar-refractivity contribution in [2.75, 3.05) is 6.54 Å². The molecule has 3 heteroatoms. The molecule has 13 heavy (non-hydrogen) atoms. The van der Waals surface area contributed by atoms with Crippen LogP contribution in [0, 0.1) is 5.92 Å². The zero-order chi connectivity index (χ0) is 9.42. The Morgan fingerprint density at radius 3 is 3.15 bits per heavy atom. The number of hydrogen-bond acceptors (Lipinski definition) is 2. The molecule has 0 radical (unpaired) electrons. The fourth-order valence-electron chi connectivity index (χ4n) is 2.36. The van der Waals surface area contributed by atoms with Crippen LogP contribution in [0.3, 0.4) is 0 Å². The van der Waals surface area contributed by atoms with Gasteiger partial charge in [-0.2, -0.15) is 5.10 Å². The minimum Gasteiger partial charge on any atom is -0.330 e. The molecule has 72 valence electrons. The first-order valence-corrected chi connectivity index (χ1v) is 4.95. The lowest BCUT2D eigenvalue weighted by molar-refractivity contribution is 0.390. The molecule has 0 fully saturated rings. The molecule has 2 unspecified atom stereocenters. The third kappa shape index (κ3) is 1.27. The summed E-state index contributed by atoms with van der Waals surface area (Å²) in [5.41, 5.74) is 8.56. The first-order valence-electron chi connectivity index (χ1n) is 4.95. The smallest absolute Gasteiger partial charge is 0.0524 e. The van der Waals surface area contributed by atoms with Gasteiger partial charge in [0, 0.05) is 25.2 Å². The average Bonchev–Trinajstić information content (AvgIpc) is 2.49. The van der Waals surface area contributed by atoms with Crippen LogP contribution in [0.5, 0.6) is 0 Å². The molecular weight excluding hydrogens is 162 g/mol. The Morgan fingerprint density at radius 2 is 2.46 bits per heavy atom. The fourth-order valence-corrected chi connectivity index (χ4v) is 2.36. The fraction of sp³-hybridized carbons (Fsp3) is 0.700. The van der Waals surface area contributed by atoms with Crippen LogP contribution in [0.15, 0.2) is 6.20 Å². The molecule has 1 aromatic rings. The number of nitrogens with two attached hydrogens (primary N) is 1. The Hall–Kier alpha value is -0.830. The van der Waals surface area contributed by atoms with Crippen LogP contribution >= 0.6 is 0 Å². The van der Waals surface area contributed by atoms with Gasteiger partial charge in [-0.15, -0.1) is 0 Å². The van der Waals surface area contributed by atoms with E-state index in [1.54, 1.807) is 0 Å². The number of aromatic nitrogens is 2. The Kier molecular flexibility index (Phi) is 2.12. The Labute approximate surface area is 78.9 Å². The van der Waals surface area contributed by atoms with Crippen molar-refractivity contribution >= 4 is 0 Å². The van der Waals surface area contributed by atoms with Crippen molar-refractivity contribution in [3.05, 3.63) is 17.5 Å². The van der Waals surface area contributed by atoms with Crippen molar-refractivity contribution in [2.45, 2.75) is 25.7 Å². The molecular formula is C10H17N3. The van der Waals surface area contributed by atoms with E-state index >= 15 is 0 Å². The van der Waals surface area contributed by atoms with E-state index in [9.17, 15) is 0 Å². The summed E-state index contributed by atoms with van der Waals surface area (Å²) in [6.45, 7) is 3.03. The van der Waals surface area contributed by atoms with Crippen molar-refractivity contribution < 1.29 is 0 Å². The minimum atomic E-state index is 0.510. The van der Waals surface area contributed by atoms with Crippen LogP contribution < -0.4 is 5.73 Å². The maximum atomic E-state index is 5.80. The van der Waals surface area contributed by atoms with E-state index in [2.05, 4.69) is 12.0 Å². The van der Waals surface area contributed by atoms with Crippen LogP contribution in [-0.4, -0.2) is 16.3 Å². The lowest BCUT2D eigenvalue weighted by atomic mass is 9.80. The predicted octanol–water partition coefficient (Wildman–Crippen LogP) is 1.04. The SMILES string of the molecule is CC1CCc2cnn(C)c2C1CN. The van der Waals surface area contributed by atoms with Crippen molar-refractivity contribution in [3.63, 3.8) is 0 Å². The molecule has 1 aliphatic carbocycles. The molecule has 1 aromatic heterocycles. The van der Waals surface area contributed by atoms with E-state index in [1.165, 1.54) is 24.1 Å². The number of aryl methyl sites for hydroxylation is 2. The van der Waals surface area contributed by atoms with E-state index in [-0.39, 0.29) is 0 Å². The summed E-state index contributed by atoms with van der Waals surface area (Å²) >= 11 is 0. The summed E-state index contributed by atoms with van der Waals surface area (Å²) in [5, 5.41) is 4.29. The van der Waals surface area contributed by atoms with Crippen molar-refractivity contribution in [1.82, 2.24) is 9.78 Å². The molecule has 1 aliphatic rings. The monoisotopic (exact) mass is 179 g/mol. The van der Waals surface area contributed by atoms with Gasteiger partial charge >= 0.3 is 0 Å². The normalized spacial score (nSPS) is 27.3. The van der Waals surface area contributed by atoms with Gasteiger partial charge in [0.1, 0.15) is 0 Å². The number of nitrogens with zero attached hydrogens (tertiary/aromatic N) is 2. The highest BCUT2D eigenvalue weighted by Crippen LogP contribution is 2.34. The van der Waals surface area contributed by atoms with Gasteiger partial charge in [0.15, 0.2) is 0 Å². The highest BCUT2D eigenvalue weighted by atomic mass is 15.3. The molecule has 2 rings (SSSR count). The van der Waals surface area contributed by atoms with Gasteiger partial charge in [0.05, 0.1) is 6.20 Å². The summed E-state index contributed by atoms with van der Waals surface area (Å²) in [7, 11) is 2.01. The number of rotatable bonds is 1. The molecule has 2 atom stereocenters. The van der Waals surface area contributed by atoms with Gasteiger partial charge in [-0.05, 0) is 24.3 Å². The average molecular weight is 179 g/mol. The highest BCUT2D eigenvalue weighted by molar-refractivity contribution is 5.26. The van der Waals surface area contributed by atoms with Crippen LogP contribution in [0.4, 0.5) is 0 Å². The summed E-state index contributed by atoms with van der Waals surface area (Å²) < 4.78 is 1.99. The second-order valence-electron chi connectivity index (χ2n) is 4.04. The van der Waals surface area contributed by atoms with Crippen LogP contribution in [0.1, 0.15) is 30.5 Å². The maximum absolute atomic E-state index is 5.80. The zero-order valence-electron chi connectivity index (χ0n) is 8.33. The molecule has 2 N–H and O–H groups in total. The second kappa shape index (κ2) is 3.14. The summed E-state index contributed by atoms with van der Waals surface area (Å²) in [4.78, 5) is 0. The lowest BCUT2D eigenvalue weighted by Gasteiger charge is -2.28. The largest absolute Gasteiger partial charge is 0.330 e. The maximum Gasteiger partial charge on any atom is 0.0524 e. The Balaban J connectivity index is 2.42. The Bertz CT molecular complexity index is 303. The number of fused-ring (bicyclic) bond motifs is 1. The molecule has 0 spiro atoms. The molecule has 0 aromatic carbocycles. The van der Waals surface area contributed by atoms with Crippen LogP contribution in [0.25, 0.3) is 0 Å². The van der Waals surface area contributed by atoms with Gasteiger partial charge in [-0.1, -0.05) is 6.92 Å². The minimum absolute atomic E-state index is 0.510. The third-order valence-electron chi connectivity index (χ3n) is 3.23. The van der Waals surface area contributed by atoms with Gasteiger partial charge in [-0.3, -0.25) is 4.68 Å². The summed E-state index contributed by atoms with van der Waals surface area (Å²) in [5.74, 6) is 1.21. The molecule has 0 aliphatic heterocycles. The third-order valence-corrected chi connectivity index (χ3v) is 3.23. The topological polar surface area (TPSA) is 43.8 Å². The number of hydrogen-bond donors (Lipinski definition) is 1. The van der Waals surface area contributed by atoms with E-state index < -0.39 is 0 Å². The first-order chi connectivity index (χ1) is 6.24. The van der Waals surface area contributed by atoms with Crippen LogP contribution in [0.2, 0.25) is 0 Å². The molecule has 1 heterocycles. The van der Waals surface area contributed by atoms with Crippen molar-refractivity contribution in [2.24, 2.45) is 18.7 Å². The Morgan fingerprint density at radius 1 is 1.69 bits per heavy atom. The zero-order valence-corrected chi connectivity index (χ0v) is 8.33. The molecule has 0 bridgehead atoms. The summed E-state index contributed by atoms with van der Waals surface area (Å²) in [6, 6.07) is 0. The molecule has 3 nitrogen and oxygen atoms in total. The molecule has 0 saturated carbocycles. The quantitative estimate of drug-likeness (QED) is 0.700. The van der Waals surface area contributed by atoms with Crippen molar-refractivity contribution in [3.8, 4) is 0 Å². The summed E-state index contributed by atoms with van der Waals surface area (Å²) in [6.07, 6.45) is 4.41. The first kappa shape index (κ1) is 8.75. The second-order valence-corrected chi connectivity index (χ2v) is 4.04. The highest BCUT2D eigenvalue weighted by Gasteiger charge is 2.28. The van der Waals surface area contributed by atoms with Crippen molar-refractivity contribution in [1.29, 1.82) is 0 Å². The van der Waals surface area contributed by atoms with Gasteiger partial charge in [0.2, 0.25) is 0 Å². The standard InChI is InChI=1S/C10H17N3/c1-7-3-4-8-6-12-13(2)10(8)9(7)5-11/h6-7,9H,3-5,11H2,1-2H3. The lowest BCUT2D eigenvalue weighted by Crippen LogP contribution is -2.26. The molecule has 0 amide bonds. The van der Waals surface area contributed by atoms with E-state index in [1.807, 2.05) is 17.9 Å². The van der Waals surface area contributed by atoms with E-state index in [4.69, 9.17) is 5.73 Å². The van der Waals surface area contributed by atoms with E-state index in [0.717, 1.165) is 6.54 Å². The van der Waals surface area contributed by atoms with Gasteiger partial charge < -0.3 is 5.73 Å². The van der Waals surface area contributed by atoms with E-state index in [0.29, 0.717) is 11.8 Å². The van der Waals surface area contributed by atoms with Gasteiger partial charge in [0.25, 0.3) is 0 Å². The van der Waals surface area contributed by atoms with Crippen LogP contribution in [-0.2, 0) is 13.5 Å². The molecule has 0 saturated heterocycles. The predicted molar refractivity (Wildman–Crippen MR) is 52.5 cm³/mol. The van der Waals surface area contributed by atoms with Gasteiger partial charge in [-0.25, -0.2) is 0 Å².